The lowest BCUT2D eigenvalue weighted by atomic mass is 10.0. The van der Waals surface area contributed by atoms with Gasteiger partial charge in [-0.1, -0.05) is 60.7 Å². The van der Waals surface area contributed by atoms with Crippen molar-refractivity contribution in [2.45, 2.75) is 44.9 Å². The van der Waals surface area contributed by atoms with Crippen LogP contribution in [0.5, 0.6) is 0 Å². The number of hydrogen-bond acceptors (Lipinski definition) is 5. The Hall–Kier alpha value is -3.52. The highest BCUT2D eigenvalue weighted by molar-refractivity contribution is 7.98. The zero-order valence-electron chi connectivity index (χ0n) is 22.0. The maximum atomic E-state index is 13.7. The Bertz CT molecular complexity index is 1230. The first-order chi connectivity index (χ1) is 17.6. The van der Waals surface area contributed by atoms with E-state index >= 15 is 0 Å². The molecule has 0 aromatic heterocycles. The van der Waals surface area contributed by atoms with Crippen LogP contribution in [0.4, 0.5) is 10.5 Å². The van der Waals surface area contributed by atoms with E-state index in [-0.39, 0.29) is 11.8 Å². The lowest BCUT2D eigenvalue weighted by Crippen LogP contribution is -2.51. The number of nitrogens with zero attached hydrogens (tertiary/aromatic N) is 1. The average molecular weight is 522 g/mol. The maximum absolute atomic E-state index is 13.7. The molecule has 0 fully saturated rings. The number of likely N-dealkylation sites (N-methyl/N-ethyl adjacent to an activating group) is 1. The molecule has 2 atom stereocenters. The third kappa shape index (κ3) is 7.98. The number of rotatable bonds is 9. The number of carbonyl (C=O) groups is 3. The van der Waals surface area contributed by atoms with E-state index in [0.29, 0.717) is 23.4 Å². The topological polar surface area (TPSA) is 87.7 Å². The first-order valence-electron chi connectivity index (χ1n) is 12.2. The molecule has 7 nitrogen and oxygen atoms in total. The molecule has 0 aliphatic heterocycles. The molecule has 8 heteroatoms. The highest BCUT2D eigenvalue weighted by Gasteiger charge is 2.34. The van der Waals surface area contributed by atoms with E-state index in [1.165, 1.54) is 4.90 Å². The summed E-state index contributed by atoms with van der Waals surface area (Å²) in [5.74, 6) is -0.0695. The molecule has 3 rings (SSSR count). The third-order valence-electron chi connectivity index (χ3n) is 5.72. The van der Waals surface area contributed by atoms with Gasteiger partial charge in [-0.05, 0) is 67.7 Å². The number of benzene rings is 3. The Labute approximate surface area is 222 Å². The fourth-order valence-corrected chi connectivity index (χ4v) is 4.45. The molecule has 2 unspecified atom stereocenters. The molecule has 37 heavy (non-hydrogen) atoms. The van der Waals surface area contributed by atoms with E-state index in [2.05, 4.69) is 10.6 Å². The van der Waals surface area contributed by atoms with E-state index in [1.807, 2.05) is 79.1 Å². The van der Waals surface area contributed by atoms with E-state index in [1.54, 1.807) is 39.6 Å². The van der Waals surface area contributed by atoms with Crippen molar-refractivity contribution in [2.75, 3.05) is 24.4 Å². The van der Waals surface area contributed by atoms with Gasteiger partial charge in [0, 0.05) is 12.7 Å². The summed E-state index contributed by atoms with van der Waals surface area (Å²) in [5, 5.41) is 7.75. The number of amides is 3. The van der Waals surface area contributed by atoms with E-state index < -0.39 is 23.8 Å². The zero-order chi connectivity index (χ0) is 27.0. The molecule has 0 saturated carbocycles. The number of thioether (sulfide) groups is 1. The van der Waals surface area contributed by atoms with Crippen molar-refractivity contribution in [1.29, 1.82) is 0 Å². The van der Waals surface area contributed by atoms with E-state index in [0.717, 1.165) is 10.8 Å². The molecule has 0 spiro atoms. The molecule has 0 saturated heterocycles. The molecule has 196 valence electrons. The second-order valence-corrected chi connectivity index (χ2v) is 10.8. The first-order valence-corrected chi connectivity index (χ1v) is 13.6. The largest absolute Gasteiger partial charge is 0.444 e. The zero-order valence-corrected chi connectivity index (χ0v) is 22.8. The second-order valence-electron chi connectivity index (χ2n) is 9.79. The Kier molecular flexibility index (Phi) is 9.58. The second kappa shape index (κ2) is 12.6. The van der Waals surface area contributed by atoms with Crippen LogP contribution < -0.4 is 10.6 Å². The van der Waals surface area contributed by atoms with Crippen LogP contribution in [0, 0.1) is 0 Å². The number of alkyl carbamates (subject to hydrolysis) is 1. The lowest BCUT2D eigenvalue weighted by Gasteiger charge is -2.31. The predicted molar refractivity (Wildman–Crippen MR) is 151 cm³/mol. The summed E-state index contributed by atoms with van der Waals surface area (Å²) in [6, 6.07) is 21.0. The number of hydrogen-bond donors (Lipinski definition) is 2. The van der Waals surface area contributed by atoms with Crippen molar-refractivity contribution in [3.8, 4) is 0 Å². The van der Waals surface area contributed by atoms with Gasteiger partial charge in [0.15, 0.2) is 0 Å². The Balaban J connectivity index is 1.87. The van der Waals surface area contributed by atoms with Crippen molar-refractivity contribution < 1.29 is 19.1 Å². The fraction of sp³-hybridized carbons (Fsp3) is 0.345. The maximum Gasteiger partial charge on any atom is 0.408 e. The summed E-state index contributed by atoms with van der Waals surface area (Å²) < 4.78 is 5.38. The molecular weight excluding hydrogens is 486 g/mol. The molecule has 0 heterocycles. The van der Waals surface area contributed by atoms with Gasteiger partial charge in [-0.3, -0.25) is 9.59 Å². The molecule has 0 radical (unpaired) electrons. The van der Waals surface area contributed by atoms with Crippen LogP contribution in [0.2, 0.25) is 0 Å². The van der Waals surface area contributed by atoms with Gasteiger partial charge in [0.05, 0.1) is 0 Å². The van der Waals surface area contributed by atoms with Gasteiger partial charge in [0.2, 0.25) is 5.91 Å². The highest BCUT2D eigenvalue weighted by atomic mass is 32.2. The average Bonchev–Trinajstić information content (AvgIpc) is 2.85. The lowest BCUT2D eigenvalue weighted by molar-refractivity contribution is -0.139. The van der Waals surface area contributed by atoms with Crippen LogP contribution in [0.3, 0.4) is 0 Å². The highest BCUT2D eigenvalue weighted by Crippen LogP contribution is 2.25. The normalized spacial score (nSPS) is 12.9. The molecule has 3 aromatic carbocycles. The van der Waals surface area contributed by atoms with E-state index in [4.69, 9.17) is 4.74 Å². The Morgan fingerprint density at radius 2 is 1.59 bits per heavy atom. The number of nitrogens with one attached hydrogen (secondary N) is 2. The van der Waals surface area contributed by atoms with Gasteiger partial charge in [0.25, 0.3) is 5.91 Å². The van der Waals surface area contributed by atoms with Crippen LogP contribution in [-0.4, -0.2) is 53.5 Å². The molecule has 2 N–H and O–H groups in total. The Morgan fingerprint density at radius 1 is 0.946 bits per heavy atom. The van der Waals surface area contributed by atoms with Crippen molar-refractivity contribution in [2.24, 2.45) is 0 Å². The van der Waals surface area contributed by atoms with Gasteiger partial charge in [0.1, 0.15) is 17.7 Å². The summed E-state index contributed by atoms with van der Waals surface area (Å²) in [7, 11) is 1.59. The fourth-order valence-electron chi connectivity index (χ4n) is 3.98. The molecule has 3 amide bonds. The van der Waals surface area contributed by atoms with E-state index in [9.17, 15) is 14.4 Å². The number of carbonyl (C=O) groups excluding carboxylic acids is 3. The molecular formula is C29H35N3O4S. The minimum Gasteiger partial charge on any atom is -0.444 e. The van der Waals surface area contributed by atoms with Gasteiger partial charge in [-0.15, -0.1) is 0 Å². The minimum atomic E-state index is -0.905. The van der Waals surface area contributed by atoms with Crippen molar-refractivity contribution in [3.05, 3.63) is 78.4 Å². The van der Waals surface area contributed by atoms with Gasteiger partial charge in [-0.25, -0.2) is 4.79 Å². The monoisotopic (exact) mass is 521 g/mol. The number of anilines is 1. The van der Waals surface area contributed by atoms with Gasteiger partial charge < -0.3 is 20.3 Å². The molecule has 0 aliphatic rings. The number of ether oxygens (including phenoxy) is 1. The van der Waals surface area contributed by atoms with Gasteiger partial charge in [-0.2, -0.15) is 11.8 Å². The smallest absolute Gasteiger partial charge is 0.408 e. The van der Waals surface area contributed by atoms with Crippen LogP contribution in [-0.2, 0) is 14.3 Å². The van der Waals surface area contributed by atoms with Crippen LogP contribution in [0.15, 0.2) is 72.8 Å². The summed E-state index contributed by atoms with van der Waals surface area (Å²) in [5.41, 5.74) is 0.601. The summed E-state index contributed by atoms with van der Waals surface area (Å²) in [6.07, 6.45) is 1.66. The van der Waals surface area contributed by atoms with Crippen molar-refractivity contribution >= 4 is 46.1 Å². The molecule has 0 aliphatic carbocycles. The summed E-state index contributed by atoms with van der Waals surface area (Å²) >= 11 is 1.57. The third-order valence-corrected chi connectivity index (χ3v) is 6.36. The van der Waals surface area contributed by atoms with Crippen LogP contribution >= 0.6 is 11.8 Å². The van der Waals surface area contributed by atoms with Crippen LogP contribution in [0.1, 0.15) is 38.8 Å². The van der Waals surface area contributed by atoms with Crippen LogP contribution in [0.25, 0.3) is 10.8 Å². The van der Waals surface area contributed by atoms with Crippen molar-refractivity contribution in [3.63, 3.8) is 0 Å². The first kappa shape index (κ1) is 28.1. The summed E-state index contributed by atoms with van der Waals surface area (Å²) in [6.45, 7) is 5.29. The number of fused-ring (bicyclic) bond motifs is 1. The van der Waals surface area contributed by atoms with Gasteiger partial charge >= 0.3 is 6.09 Å². The Morgan fingerprint density at radius 3 is 2.24 bits per heavy atom. The standard InChI is InChI=1S/C29H35N3O4S/c1-29(2,3)36-28(35)31-24(17-18-37-5)27(34)32(4)25(21-12-7-6-8-13-21)26(33)30-23-16-15-20-11-9-10-14-22(20)19-23/h6-16,19,24-25H,17-18H2,1-5H3,(H,30,33)(H,31,35). The molecule has 0 bridgehead atoms. The SMILES string of the molecule is CSCCC(NC(=O)OC(C)(C)C)C(=O)N(C)C(C(=O)Nc1ccc2ccccc2c1)c1ccccc1. The summed E-state index contributed by atoms with van der Waals surface area (Å²) in [4.78, 5) is 41.2. The predicted octanol–water partition coefficient (Wildman–Crippen LogP) is 5.62. The minimum absolute atomic E-state index is 0.349. The quantitative estimate of drug-likeness (QED) is 0.381. The van der Waals surface area contributed by atoms with Crippen molar-refractivity contribution in [1.82, 2.24) is 10.2 Å². The molecule has 3 aromatic rings.